The molecule has 3 aromatic rings. The van der Waals surface area contributed by atoms with E-state index in [2.05, 4.69) is 10.3 Å². The number of carbonyl (C=O) groups excluding carboxylic acids is 2. The van der Waals surface area contributed by atoms with Gasteiger partial charge in [0.05, 0.1) is 5.56 Å². The van der Waals surface area contributed by atoms with Crippen molar-refractivity contribution >= 4 is 34.8 Å². The van der Waals surface area contributed by atoms with Crippen molar-refractivity contribution in [2.45, 2.75) is 12.8 Å². The molecule has 0 radical (unpaired) electrons. The van der Waals surface area contributed by atoms with E-state index in [0.717, 1.165) is 24.1 Å². The smallest absolute Gasteiger partial charge is 0.259 e. The van der Waals surface area contributed by atoms with Crippen LogP contribution in [-0.2, 0) is 6.42 Å². The van der Waals surface area contributed by atoms with Crippen molar-refractivity contribution in [3.63, 3.8) is 0 Å². The Morgan fingerprint density at radius 3 is 2.61 bits per heavy atom. The standard InChI is InChI=1S/C22H18ClN3O2/c23-18-8-5-16(6-9-18)21(27)25-19-10-7-15-4-2-12-26(20(15)13-19)22(28)17-3-1-11-24-14-17/h1,3,5-11,13-14H,2,4,12H2,(H,25,27). The van der Waals surface area contributed by atoms with Crippen molar-refractivity contribution < 1.29 is 9.59 Å². The molecule has 1 aliphatic rings. The molecule has 6 heteroatoms. The van der Waals surface area contributed by atoms with Gasteiger partial charge >= 0.3 is 0 Å². The summed E-state index contributed by atoms with van der Waals surface area (Å²) in [6.45, 7) is 0.634. The Kier molecular flexibility index (Phi) is 5.08. The lowest BCUT2D eigenvalue weighted by atomic mass is 10.00. The van der Waals surface area contributed by atoms with Gasteiger partial charge in [-0.1, -0.05) is 17.7 Å². The number of nitrogens with one attached hydrogen (secondary N) is 1. The van der Waals surface area contributed by atoms with Crippen LogP contribution in [-0.4, -0.2) is 23.3 Å². The molecule has 1 aromatic heterocycles. The minimum Gasteiger partial charge on any atom is -0.322 e. The molecule has 1 N–H and O–H groups in total. The summed E-state index contributed by atoms with van der Waals surface area (Å²) in [5, 5.41) is 3.47. The molecule has 0 fully saturated rings. The number of benzene rings is 2. The molecule has 28 heavy (non-hydrogen) atoms. The average Bonchev–Trinajstić information content (AvgIpc) is 2.74. The molecule has 0 spiro atoms. The Labute approximate surface area is 168 Å². The van der Waals surface area contributed by atoms with Crippen LogP contribution in [0.3, 0.4) is 0 Å². The zero-order valence-corrected chi connectivity index (χ0v) is 15.8. The van der Waals surface area contributed by atoms with Crippen LogP contribution < -0.4 is 10.2 Å². The van der Waals surface area contributed by atoms with Gasteiger partial charge in [0, 0.05) is 40.9 Å². The number of carbonyl (C=O) groups is 2. The van der Waals surface area contributed by atoms with Gasteiger partial charge < -0.3 is 10.2 Å². The second-order valence-corrected chi connectivity index (χ2v) is 7.04. The molecule has 0 bridgehead atoms. The van der Waals surface area contributed by atoms with E-state index in [9.17, 15) is 9.59 Å². The van der Waals surface area contributed by atoms with Gasteiger partial charge in [-0.3, -0.25) is 14.6 Å². The summed E-state index contributed by atoms with van der Waals surface area (Å²) in [5.74, 6) is -0.312. The van der Waals surface area contributed by atoms with E-state index in [4.69, 9.17) is 11.6 Å². The lowest BCUT2D eigenvalue weighted by Gasteiger charge is -2.30. The van der Waals surface area contributed by atoms with E-state index < -0.39 is 0 Å². The number of aromatic nitrogens is 1. The van der Waals surface area contributed by atoms with Gasteiger partial charge in [0.1, 0.15) is 0 Å². The van der Waals surface area contributed by atoms with Gasteiger partial charge in [0.25, 0.3) is 11.8 Å². The second kappa shape index (κ2) is 7.82. The van der Waals surface area contributed by atoms with E-state index in [1.807, 2.05) is 18.2 Å². The van der Waals surface area contributed by atoms with Crippen molar-refractivity contribution in [2.24, 2.45) is 0 Å². The molecule has 1 aliphatic heterocycles. The molecule has 4 rings (SSSR count). The van der Waals surface area contributed by atoms with Gasteiger partial charge in [-0.15, -0.1) is 0 Å². The third-order valence-corrected chi connectivity index (χ3v) is 4.97. The summed E-state index contributed by atoms with van der Waals surface area (Å²) in [7, 11) is 0. The van der Waals surface area contributed by atoms with Crippen molar-refractivity contribution in [2.75, 3.05) is 16.8 Å². The highest BCUT2D eigenvalue weighted by atomic mass is 35.5. The molecule has 2 aromatic carbocycles. The van der Waals surface area contributed by atoms with Crippen LogP contribution in [0.1, 0.15) is 32.7 Å². The van der Waals surface area contributed by atoms with Crippen LogP contribution >= 0.6 is 11.6 Å². The Morgan fingerprint density at radius 2 is 1.86 bits per heavy atom. The number of aryl methyl sites for hydroxylation is 1. The molecule has 0 atom stereocenters. The number of pyridine rings is 1. The highest BCUT2D eigenvalue weighted by molar-refractivity contribution is 6.30. The largest absolute Gasteiger partial charge is 0.322 e. The van der Waals surface area contributed by atoms with Crippen molar-refractivity contribution in [1.82, 2.24) is 4.98 Å². The maximum atomic E-state index is 12.9. The average molecular weight is 392 g/mol. The Bertz CT molecular complexity index is 1020. The topological polar surface area (TPSA) is 62.3 Å². The first-order valence-corrected chi connectivity index (χ1v) is 9.41. The third kappa shape index (κ3) is 3.75. The number of hydrogen-bond acceptors (Lipinski definition) is 3. The summed E-state index contributed by atoms with van der Waals surface area (Å²) >= 11 is 5.88. The van der Waals surface area contributed by atoms with Gasteiger partial charge in [-0.25, -0.2) is 0 Å². The zero-order chi connectivity index (χ0) is 19.5. The molecule has 5 nitrogen and oxygen atoms in total. The molecule has 140 valence electrons. The number of anilines is 2. The molecule has 2 heterocycles. The quantitative estimate of drug-likeness (QED) is 0.710. The summed E-state index contributed by atoms with van der Waals surface area (Å²) < 4.78 is 0. The first-order chi connectivity index (χ1) is 13.6. The lowest BCUT2D eigenvalue weighted by Crippen LogP contribution is -2.35. The monoisotopic (exact) mass is 391 g/mol. The molecule has 0 aliphatic carbocycles. The fourth-order valence-corrected chi connectivity index (χ4v) is 3.44. The SMILES string of the molecule is O=C(Nc1ccc2c(c1)N(C(=O)c1cccnc1)CCC2)c1ccc(Cl)cc1. The van der Waals surface area contributed by atoms with Gasteiger partial charge in [0.2, 0.25) is 0 Å². The number of rotatable bonds is 3. The van der Waals surface area contributed by atoms with Crippen LogP contribution in [0.15, 0.2) is 67.0 Å². The maximum Gasteiger partial charge on any atom is 0.259 e. The molecule has 0 saturated heterocycles. The number of halogens is 1. The fraction of sp³-hybridized carbons (Fsp3) is 0.136. The minimum absolute atomic E-state index is 0.0878. The highest BCUT2D eigenvalue weighted by Gasteiger charge is 2.24. The zero-order valence-electron chi connectivity index (χ0n) is 15.1. The minimum atomic E-state index is -0.224. The van der Waals surface area contributed by atoms with Gasteiger partial charge in [-0.05, 0) is 66.9 Å². The molecular formula is C22H18ClN3O2. The van der Waals surface area contributed by atoms with Crippen molar-refractivity contribution in [1.29, 1.82) is 0 Å². The molecule has 0 unspecified atom stereocenters. The fourth-order valence-electron chi connectivity index (χ4n) is 3.31. The molecule has 0 saturated carbocycles. The summed E-state index contributed by atoms with van der Waals surface area (Å²) in [5.41, 5.74) is 3.63. The Balaban J connectivity index is 1.60. The van der Waals surface area contributed by atoms with Crippen LogP contribution in [0.5, 0.6) is 0 Å². The summed E-state index contributed by atoms with van der Waals surface area (Å²) in [6, 6.07) is 15.9. The predicted octanol–water partition coefficient (Wildman–Crippen LogP) is 4.58. The number of fused-ring (bicyclic) bond motifs is 1. The Morgan fingerprint density at radius 1 is 1.04 bits per heavy atom. The van der Waals surface area contributed by atoms with Crippen molar-refractivity contribution in [3.05, 3.63) is 88.7 Å². The third-order valence-electron chi connectivity index (χ3n) is 4.72. The number of hydrogen-bond donors (Lipinski definition) is 1. The molecular weight excluding hydrogens is 374 g/mol. The van der Waals surface area contributed by atoms with E-state index in [1.165, 1.54) is 0 Å². The van der Waals surface area contributed by atoms with Crippen molar-refractivity contribution in [3.8, 4) is 0 Å². The first kappa shape index (κ1) is 18.2. The van der Waals surface area contributed by atoms with Gasteiger partial charge in [-0.2, -0.15) is 0 Å². The van der Waals surface area contributed by atoms with E-state index >= 15 is 0 Å². The summed E-state index contributed by atoms with van der Waals surface area (Å²) in [4.78, 5) is 31.2. The highest BCUT2D eigenvalue weighted by Crippen LogP contribution is 2.31. The number of amides is 2. The van der Waals surface area contributed by atoms with Crippen LogP contribution in [0.4, 0.5) is 11.4 Å². The van der Waals surface area contributed by atoms with Crippen LogP contribution in [0.25, 0.3) is 0 Å². The summed E-state index contributed by atoms with van der Waals surface area (Å²) in [6.07, 6.45) is 5.02. The van der Waals surface area contributed by atoms with Gasteiger partial charge in [0.15, 0.2) is 0 Å². The van der Waals surface area contributed by atoms with E-state index in [0.29, 0.717) is 28.4 Å². The normalized spacial score (nSPS) is 13.0. The lowest BCUT2D eigenvalue weighted by molar-refractivity contribution is 0.0983. The predicted molar refractivity (Wildman–Crippen MR) is 110 cm³/mol. The van der Waals surface area contributed by atoms with E-state index in [1.54, 1.807) is 53.7 Å². The first-order valence-electron chi connectivity index (χ1n) is 9.03. The Hall–Kier alpha value is -3.18. The number of nitrogens with zero attached hydrogens (tertiary/aromatic N) is 2. The van der Waals surface area contributed by atoms with E-state index in [-0.39, 0.29) is 11.8 Å². The molecule has 2 amide bonds. The second-order valence-electron chi connectivity index (χ2n) is 6.61. The van der Waals surface area contributed by atoms with Crippen LogP contribution in [0, 0.1) is 0 Å². The maximum absolute atomic E-state index is 12.9. The van der Waals surface area contributed by atoms with Crippen LogP contribution in [0.2, 0.25) is 5.02 Å².